The van der Waals surface area contributed by atoms with Crippen LogP contribution in [0.2, 0.25) is 0 Å². The van der Waals surface area contributed by atoms with E-state index in [9.17, 15) is 0 Å². The number of aryl methyl sites for hydroxylation is 3. The average Bonchev–Trinajstić information content (AvgIpc) is 3.02. The van der Waals surface area contributed by atoms with Crippen molar-refractivity contribution >= 4 is 11.0 Å². The second-order valence-electron chi connectivity index (χ2n) is 7.36. The Hall–Kier alpha value is -3.07. The third kappa shape index (κ3) is 4.25. The standard InChI is InChI=1S/C25H26N2O/c1-19-15-20(2)17-22(16-19)28-14-8-13-27-24-12-7-6-11-23(24)26-25(27)18-21-9-4-3-5-10-21/h3-7,9-12,15-17H,8,13-14,18H2,1-2H3. The topological polar surface area (TPSA) is 27.1 Å². The van der Waals surface area contributed by atoms with Crippen LogP contribution in [0.5, 0.6) is 5.75 Å². The molecular formula is C25H26N2O. The third-order valence-corrected chi connectivity index (χ3v) is 4.93. The maximum absolute atomic E-state index is 6.00. The van der Waals surface area contributed by atoms with Crippen molar-refractivity contribution in [2.24, 2.45) is 0 Å². The van der Waals surface area contributed by atoms with E-state index in [1.165, 1.54) is 22.2 Å². The van der Waals surface area contributed by atoms with Crippen molar-refractivity contribution in [3.8, 4) is 5.75 Å². The largest absolute Gasteiger partial charge is 0.494 e. The molecule has 1 heterocycles. The molecule has 0 aliphatic rings. The Morgan fingerprint density at radius 3 is 2.36 bits per heavy atom. The summed E-state index contributed by atoms with van der Waals surface area (Å²) in [6.45, 7) is 5.80. The second kappa shape index (κ2) is 8.30. The van der Waals surface area contributed by atoms with Gasteiger partial charge in [-0.1, -0.05) is 48.5 Å². The summed E-state index contributed by atoms with van der Waals surface area (Å²) >= 11 is 0. The summed E-state index contributed by atoms with van der Waals surface area (Å²) in [4.78, 5) is 4.89. The van der Waals surface area contributed by atoms with E-state index in [2.05, 4.69) is 91.2 Å². The van der Waals surface area contributed by atoms with Gasteiger partial charge in [0.25, 0.3) is 0 Å². The molecule has 4 aromatic rings. The lowest BCUT2D eigenvalue weighted by Crippen LogP contribution is -2.08. The van der Waals surface area contributed by atoms with Crippen LogP contribution in [-0.4, -0.2) is 16.2 Å². The maximum atomic E-state index is 6.00. The van der Waals surface area contributed by atoms with E-state index in [1.807, 2.05) is 0 Å². The highest BCUT2D eigenvalue weighted by Crippen LogP contribution is 2.20. The Balaban J connectivity index is 1.48. The van der Waals surface area contributed by atoms with Gasteiger partial charge in [-0.15, -0.1) is 0 Å². The number of para-hydroxylation sites is 2. The van der Waals surface area contributed by atoms with Gasteiger partial charge in [-0.3, -0.25) is 0 Å². The van der Waals surface area contributed by atoms with Gasteiger partial charge in [-0.2, -0.15) is 0 Å². The highest BCUT2D eigenvalue weighted by atomic mass is 16.5. The van der Waals surface area contributed by atoms with Crippen LogP contribution in [-0.2, 0) is 13.0 Å². The minimum Gasteiger partial charge on any atom is -0.494 e. The fourth-order valence-corrected chi connectivity index (χ4v) is 3.72. The van der Waals surface area contributed by atoms with E-state index in [1.54, 1.807) is 0 Å². The SMILES string of the molecule is Cc1cc(C)cc(OCCCn2c(Cc3ccccc3)nc3ccccc32)c1. The molecule has 0 atom stereocenters. The second-order valence-corrected chi connectivity index (χ2v) is 7.36. The summed E-state index contributed by atoms with van der Waals surface area (Å²) < 4.78 is 8.34. The van der Waals surface area contributed by atoms with Crippen LogP contribution in [0.3, 0.4) is 0 Å². The zero-order valence-electron chi connectivity index (χ0n) is 16.6. The Bertz CT molecular complexity index is 1050. The predicted molar refractivity (Wildman–Crippen MR) is 115 cm³/mol. The van der Waals surface area contributed by atoms with Crippen LogP contribution < -0.4 is 4.74 Å². The van der Waals surface area contributed by atoms with Gasteiger partial charge in [0.05, 0.1) is 17.6 Å². The lowest BCUT2D eigenvalue weighted by molar-refractivity contribution is 0.301. The Morgan fingerprint density at radius 2 is 1.57 bits per heavy atom. The first kappa shape index (κ1) is 18.3. The van der Waals surface area contributed by atoms with Crippen molar-refractivity contribution in [1.82, 2.24) is 9.55 Å². The highest BCUT2D eigenvalue weighted by Gasteiger charge is 2.11. The number of benzene rings is 3. The van der Waals surface area contributed by atoms with Crippen molar-refractivity contribution in [3.05, 3.63) is 95.3 Å². The fourth-order valence-electron chi connectivity index (χ4n) is 3.72. The first-order valence-corrected chi connectivity index (χ1v) is 9.88. The zero-order chi connectivity index (χ0) is 19.3. The minimum absolute atomic E-state index is 0.695. The van der Waals surface area contributed by atoms with Crippen molar-refractivity contribution in [1.29, 1.82) is 0 Å². The van der Waals surface area contributed by atoms with Gasteiger partial charge in [0.15, 0.2) is 0 Å². The number of hydrogen-bond donors (Lipinski definition) is 0. The van der Waals surface area contributed by atoms with Crippen LogP contribution >= 0.6 is 0 Å². The number of ether oxygens (including phenoxy) is 1. The molecule has 1 aromatic heterocycles. The molecule has 3 heteroatoms. The number of nitrogens with zero attached hydrogens (tertiary/aromatic N) is 2. The van der Waals surface area contributed by atoms with Crippen LogP contribution in [0.1, 0.15) is 28.9 Å². The lowest BCUT2D eigenvalue weighted by atomic mass is 10.1. The van der Waals surface area contributed by atoms with E-state index in [0.29, 0.717) is 6.61 Å². The van der Waals surface area contributed by atoms with Gasteiger partial charge in [0.1, 0.15) is 11.6 Å². The highest BCUT2D eigenvalue weighted by molar-refractivity contribution is 5.76. The summed E-state index contributed by atoms with van der Waals surface area (Å²) in [7, 11) is 0. The molecule has 0 N–H and O–H groups in total. The summed E-state index contributed by atoms with van der Waals surface area (Å²) in [5.41, 5.74) is 6.01. The van der Waals surface area contributed by atoms with Gasteiger partial charge >= 0.3 is 0 Å². The lowest BCUT2D eigenvalue weighted by Gasteiger charge is -2.11. The molecule has 3 aromatic carbocycles. The number of fused-ring (bicyclic) bond motifs is 1. The van der Waals surface area contributed by atoms with Crippen molar-refractivity contribution in [2.45, 2.75) is 33.2 Å². The number of imidazole rings is 1. The summed E-state index contributed by atoms with van der Waals surface area (Å²) in [5, 5.41) is 0. The van der Waals surface area contributed by atoms with Gasteiger partial charge in [-0.05, 0) is 61.2 Å². The van der Waals surface area contributed by atoms with Gasteiger partial charge in [0, 0.05) is 13.0 Å². The summed E-state index contributed by atoms with van der Waals surface area (Å²) in [6, 6.07) is 25.3. The minimum atomic E-state index is 0.695. The van der Waals surface area contributed by atoms with Crippen molar-refractivity contribution in [2.75, 3.05) is 6.61 Å². The molecule has 0 spiro atoms. The molecular weight excluding hydrogens is 344 g/mol. The predicted octanol–water partition coefficient (Wildman–Crippen LogP) is 5.71. The van der Waals surface area contributed by atoms with Crippen LogP contribution in [0.4, 0.5) is 0 Å². The van der Waals surface area contributed by atoms with Gasteiger partial charge in [-0.25, -0.2) is 4.98 Å². The number of aromatic nitrogens is 2. The molecule has 0 aliphatic carbocycles. The Labute approximate surface area is 166 Å². The van der Waals surface area contributed by atoms with E-state index in [-0.39, 0.29) is 0 Å². The maximum Gasteiger partial charge on any atom is 0.119 e. The molecule has 0 amide bonds. The molecule has 0 saturated carbocycles. The van der Waals surface area contributed by atoms with E-state index < -0.39 is 0 Å². The Kier molecular flexibility index (Phi) is 5.43. The van der Waals surface area contributed by atoms with E-state index in [0.717, 1.165) is 36.5 Å². The molecule has 3 nitrogen and oxygen atoms in total. The molecule has 0 aliphatic heterocycles. The molecule has 0 bridgehead atoms. The summed E-state index contributed by atoms with van der Waals surface area (Å²) in [5.74, 6) is 2.07. The first-order valence-electron chi connectivity index (χ1n) is 9.88. The first-order chi connectivity index (χ1) is 13.7. The molecule has 142 valence electrons. The molecule has 0 radical (unpaired) electrons. The van der Waals surface area contributed by atoms with Crippen LogP contribution in [0.15, 0.2) is 72.8 Å². The van der Waals surface area contributed by atoms with Gasteiger partial charge in [0.2, 0.25) is 0 Å². The van der Waals surface area contributed by atoms with Crippen molar-refractivity contribution < 1.29 is 4.74 Å². The van der Waals surface area contributed by atoms with Crippen molar-refractivity contribution in [3.63, 3.8) is 0 Å². The van der Waals surface area contributed by atoms with Crippen LogP contribution in [0, 0.1) is 13.8 Å². The van der Waals surface area contributed by atoms with E-state index >= 15 is 0 Å². The molecule has 0 saturated heterocycles. The Morgan fingerprint density at radius 1 is 0.857 bits per heavy atom. The number of rotatable bonds is 7. The normalized spacial score (nSPS) is 11.1. The molecule has 28 heavy (non-hydrogen) atoms. The molecule has 0 fully saturated rings. The third-order valence-electron chi connectivity index (χ3n) is 4.93. The van der Waals surface area contributed by atoms with Gasteiger partial charge < -0.3 is 9.30 Å². The van der Waals surface area contributed by atoms with E-state index in [4.69, 9.17) is 9.72 Å². The quantitative estimate of drug-likeness (QED) is 0.389. The smallest absolute Gasteiger partial charge is 0.119 e. The summed E-state index contributed by atoms with van der Waals surface area (Å²) in [6.07, 6.45) is 1.78. The number of hydrogen-bond acceptors (Lipinski definition) is 2. The average molecular weight is 370 g/mol. The zero-order valence-corrected chi connectivity index (χ0v) is 16.6. The molecule has 4 rings (SSSR count). The molecule has 0 unspecified atom stereocenters. The monoisotopic (exact) mass is 370 g/mol. The van der Waals surface area contributed by atoms with Crippen LogP contribution in [0.25, 0.3) is 11.0 Å². The fraction of sp³-hybridized carbons (Fsp3) is 0.240.